The number of carbonyl (C=O) groups is 1. The van der Waals surface area contributed by atoms with E-state index in [-0.39, 0.29) is 12.1 Å². The Hall–Kier alpha value is -1.12. The van der Waals surface area contributed by atoms with Crippen LogP contribution >= 0.6 is 34.2 Å². The molecule has 0 aliphatic carbocycles. The average Bonchev–Trinajstić information content (AvgIpc) is 3.00. The van der Waals surface area contributed by atoms with Crippen LogP contribution in [0.1, 0.15) is 52.7 Å². The van der Waals surface area contributed by atoms with Crippen LogP contribution in [0.15, 0.2) is 18.2 Å². The van der Waals surface area contributed by atoms with E-state index >= 15 is 0 Å². The van der Waals surface area contributed by atoms with Crippen LogP contribution in [-0.2, 0) is 17.7 Å². The quantitative estimate of drug-likeness (QED) is 0.594. The molecule has 4 rings (SSSR count). The molecule has 2 aromatic rings. The molecule has 2 aliphatic rings. The number of carbonyl (C=O) groups excluding carboxylic acids is 1. The number of benzene rings is 1. The van der Waals surface area contributed by atoms with Crippen molar-refractivity contribution in [3.63, 3.8) is 0 Å². The van der Waals surface area contributed by atoms with Gasteiger partial charge in [-0.25, -0.2) is 4.68 Å². The van der Waals surface area contributed by atoms with Crippen molar-refractivity contribution in [2.45, 2.75) is 45.4 Å². The number of halogens is 2. The first-order chi connectivity index (χ1) is 12.6. The van der Waals surface area contributed by atoms with Gasteiger partial charge in [0.2, 0.25) is 0 Å². The van der Waals surface area contributed by atoms with Crippen LogP contribution in [-0.4, -0.2) is 33.7 Å². The Balaban J connectivity index is 1.58. The summed E-state index contributed by atoms with van der Waals surface area (Å²) in [5.74, 6) is -0.0252. The second kappa shape index (κ2) is 7.48. The van der Waals surface area contributed by atoms with Gasteiger partial charge in [0.25, 0.3) is 5.91 Å². The van der Waals surface area contributed by atoms with Gasteiger partial charge in [-0.2, -0.15) is 5.10 Å². The van der Waals surface area contributed by atoms with Gasteiger partial charge >= 0.3 is 0 Å². The molecule has 1 aromatic heterocycles. The molecule has 1 fully saturated rings. The predicted octanol–water partition coefficient (Wildman–Crippen LogP) is 4.35. The SMILES string of the molecule is Cc1cccc(C(=O)N2CCc3c(nn(C4CCCCO4)c3I)C2)c1Cl. The zero-order valence-electron chi connectivity index (χ0n) is 14.7. The first-order valence-corrected chi connectivity index (χ1v) is 10.4. The number of fused-ring (bicyclic) bond motifs is 1. The normalized spacial score (nSPS) is 20.1. The third-order valence-corrected chi connectivity index (χ3v) is 6.78. The second-order valence-corrected chi connectivity index (χ2v) is 8.29. The van der Waals surface area contributed by atoms with E-state index in [0.717, 1.165) is 40.8 Å². The van der Waals surface area contributed by atoms with E-state index in [1.165, 1.54) is 12.0 Å². The van der Waals surface area contributed by atoms with E-state index in [1.807, 2.05) is 28.6 Å². The van der Waals surface area contributed by atoms with Gasteiger partial charge in [0.05, 0.1) is 22.8 Å². The molecule has 138 valence electrons. The Morgan fingerprint density at radius 2 is 2.23 bits per heavy atom. The van der Waals surface area contributed by atoms with Gasteiger partial charge in [0.15, 0.2) is 6.23 Å². The number of aromatic nitrogens is 2. The minimum Gasteiger partial charge on any atom is -0.356 e. The molecule has 1 amide bonds. The van der Waals surface area contributed by atoms with Crippen molar-refractivity contribution >= 4 is 40.1 Å². The zero-order valence-corrected chi connectivity index (χ0v) is 17.6. The van der Waals surface area contributed by atoms with Gasteiger partial charge in [0.1, 0.15) is 3.70 Å². The summed E-state index contributed by atoms with van der Waals surface area (Å²) in [5.41, 5.74) is 3.72. The molecule has 0 saturated carbocycles. The minimum absolute atomic E-state index is 0.0246. The first-order valence-electron chi connectivity index (χ1n) is 8.98. The van der Waals surface area contributed by atoms with Crippen molar-refractivity contribution in [1.29, 1.82) is 0 Å². The molecule has 1 aromatic carbocycles. The molecule has 0 spiro atoms. The molecule has 7 heteroatoms. The summed E-state index contributed by atoms with van der Waals surface area (Å²) in [6, 6.07) is 5.59. The summed E-state index contributed by atoms with van der Waals surface area (Å²) < 4.78 is 9.05. The Kier molecular flexibility index (Phi) is 5.25. The number of nitrogens with zero attached hydrogens (tertiary/aromatic N) is 3. The molecule has 26 heavy (non-hydrogen) atoms. The van der Waals surface area contributed by atoms with Crippen LogP contribution in [0.2, 0.25) is 5.02 Å². The fourth-order valence-corrected chi connectivity index (χ4v) is 4.84. The lowest BCUT2D eigenvalue weighted by Crippen LogP contribution is -2.36. The highest BCUT2D eigenvalue weighted by Gasteiger charge is 2.30. The van der Waals surface area contributed by atoms with E-state index < -0.39 is 0 Å². The standard InChI is InChI=1S/C19H21ClIN3O2/c1-12-5-4-6-14(17(12)20)19(25)23-9-8-13-15(11-23)22-24(18(13)21)16-7-2-3-10-26-16/h4-6,16H,2-3,7-11H2,1H3. The summed E-state index contributed by atoms with van der Waals surface area (Å²) in [6.07, 6.45) is 4.12. The third kappa shape index (κ3) is 3.27. The van der Waals surface area contributed by atoms with E-state index in [4.69, 9.17) is 21.4 Å². The number of amides is 1. The maximum atomic E-state index is 13.0. The molecular formula is C19H21ClIN3O2. The first kappa shape index (κ1) is 18.3. The monoisotopic (exact) mass is 485 g/mol. The van der Waals surface area contributed by atoms with Crippen LogP contribution < -0.4 is 0 Å². The fourth-order valence-electron chi connectivity index (χ4n) is 3.64. The molecule has 5 nitrogen and oxygen atoms in total. The third-order valence-electron chi connectivity index (χ3n) is 5.14. The van der Waals surface area contributed by atoms with E-state index in [1.54, 1.807) is 6.07 Å². The molecule has 2 aliphatic heterocycles. The van der Waals surface area contributed by atoms with Crippen molar-refractivity contribution in [3.05, 3.63) is 49.3 Å². The Morgan fingerprint density at radius 1 is 1.38 bits per heavy atom. The summed E-state index contributed by atoms with van der Waals surface area (Å²) in [6.45, 7) is 3.92. The van der Waals surface area contributed by atoms with Crippen LogP contribution in [0.4, 0.5) is 0 Å². The van der Waals surface area contributed by atoms with E-state index in [9.17, 15) is 4.79 Å². The highest BCUT2D eigenvalue weighted by molar-refractivity contribution is 14.1. The highest BCUT2D eigenvalue weighted by Crippen LogP contribution is 2.31. The van der Waals surface area contributed by atoms with E-state index in [0.29, 0.717) is 23.7 Å². The van der Waals surface area contributed by atoms with Crippen molar-refractivity contribution in [2.75, 3.05) is 13.2 Å². The van der Waals surface area contributed by atoms with Crippen LogP contribution in [0.25, 0.3) is 0 Å². The number of hydrogen-bond acceptors (Lipinski definition) is 3. The topological polar surface area (TPSA) is 47.4 Å². The molecule has 1 atom stereocenters. The molecule has 0 N–H and O–H groups in total. The number of rotatable bonds is 2. The van der Waals surface area contributed by atoms with Gasteiger partial charge in [-0.05, 0) is 66.8 Å². The van der Waals surface area contributed by atoms with Crippen LogP contribution in [0.5, 0.6) is 0 Å². The van der Waals surface area contributed by atoms with E-state index in [2.05, 4.69) is 22.6 Å². The van der Waals surface area contributed by atoms with Crippen molar-refractivity contribution in [3.8, 4) is 0 Å². The van der Waals surface area contributed by atoms with Gasteiger partial charge in [-0.1, -0.05) is 23.7 Å². The van der Waals surface area contributed by atoms with Crippen LogP contribution in [0, 0.1) is 10.6 Å². The van der Waals surface area contributed by atoms with Gasteiger partial charge < -0.3 is 9.64 Å². The highest BCUT2D eigenvalue weighted by atomic mass is 127. The summed E-state index contributed by atoms with van der Waals surface area (Å²) >= 11 is 8.72. The predicted molar refractivity (Wildman–Crippen MR) is 108 cm³/mol. The van der Waals surface area contributed by atoms with Crippen molar-refractivity contribution in [1.82, 2.24) is 14.7 Å². The van der Waals surface area contributed by atoms with Crippen molar-refractivity contribution in [2.24, 2.45) is 0 Å². The molecule has 1 saturated heterocycles. The summed E-state index contributed by atoms with van der Waals surface area (Å²) in [4.78, 5) is 14.8. The van der Waals surface area contributed by atoms with Crippen molar-refractivity contribution < 1.29 is 9.53 Å². The molecule has 0 bridgehead atoms. The smallest absolute Gasteiger partial charge is 0.255 e. The molecule has 0 radical (unpaired) electrons. The Labute approximate surface area is 171 Å². The second-order valence-electron chi connectivity index (χ2n) is 6.90. The fraction of sp³-hybridized carbons (Fsp3) is 0.474. The summed E-state index contributed by atoms with van der Waals surface area (Å²) in [7, 11) is 0. The van der Waals surface area contributed by atoms with Gasteiger partial charge in [0, 0.05) is 18.7 Å². The lowest BCUT2D eigenvalue weighted by Gasteiger charge is -2.26. The number of aryl methyl sites for hydroxylation is 1. The molecule has 1 unspecified atom stereocenters. The van der Waals surface area contributed by atoms with Crippen LogP contribution in [0.3, 0.4) is 0 Å². The zero-order chi connectivity index (χ0) is 18.3. The minimum atomic E-state index is -0.0252. The van der Waals surface area contributed by atoms with Gasteiger partial charge in [-0.3, -0.25) is 4.79 Å². The number of ether oxygens (including phenoxy) is 1. The Morgan fingerprint density at radius 3 is 3.00 bits per heavy atom. The largest absolute Gasteiger partial charge is 0.356 e. The van der Waals surface area contributed by atoms with Gasteiger partial charge in [-0.15, -0.1) is 0 Å². The maximum absolute atomic E-state index is 13.0. The Bertz CT molecular complexity index is 846. The number of hydrogen-bond donors (Lipinski definition) is 0. The lowest BCUT2D eigenvalue weighted by molar-refractivity contribution is -0.0413. The lowest BCUT2D eigenvalue weighted by atomic mass is 10.1. The molecule has 3 heterocycles. The maximum Gasteiger partial charge on any atom is 0.255 e. The molecular weight excluding hydrogens is 465 g/mol. The average molecular weight is 486 g/mol. The summed E-state index contributed by atoms with van der Waals surface area (Å²) in [5, 5.41) is 5.34.